The number of hydrogen-bond donors (Lipinski definition) is 0. The van der Waals surface area contributed by atoms with E-state index in [2.05, 4.69) is 0 Å². The summed E-state index contributed by atoms with van der Waals surface area (Å²) in [7, 11) is 0. The van der Waals surface area contributed by atoms with Crippen molar-refractivity contribution in [3.8, 4) is 0 Å². The second-order valence-electron chi connectivity index (χ2n) is 4.73. The first-order chi connectivity index (χ1) is 10.5. The van der Waals surface area contributed by atoms with Gasteiger partial charge in [0.05, 0.1) is 9.32 Å². The molecule has 1 atom stereocenters. The Morgan fingerprint density at radius 3 is 2.41 bits per heavy atom. The van der Waals surface area contributed by atoms with Crippen LogP contribution < -0.4 is 4.90 Å². The van der Waals surface area contributed by atoms with E-state index in [9.17, 15) is 18.0 Å². The van der Waals surface area contributed by atoms with E-state index in [4.69, 9.17) is 0 Å². The van der Waals surface area contributed by atoms with Gasteiger partial charge >= 0.3 is 0 Å². The molecular formula is C15H9F3INOS. The Morgan fingerprint density at radius 1 is 1.09 bits per heavy atom. The smallest absolute Gasteiger partial charge is 0.238 e. The second kappa shape index (κ2) is 6.11. The van der Waals surface area contributed by atoms with Crippen molar-refractivity contribution in [3.63, 3.8) is 0 Å². The Hall–Kier alpha value is -1.22. The van der Waals surface area contributed by atoms with Crippen LogP contribution >= 0.6 is 34.4 Å². The number of hydrogen-bond acceptors (Lipinski definition) is 2. The van der Waals surface area contributed by atoms with Crippen LogP contribution in [-0.4, -0.2) is 11.7 Å². The van der Waals surface area contributed by atoms with E-state index >= 15 is 0 Å². The first-order valence-corrected chi connectivity index (χ1v) is 8.43. The second-order valence-corrected chi connectivity index (χ2v) is 6.96. The summed E-state index contributed by atoms with van der Waals surface area (Å²) >= 11 is 3.12. The minimum absolute atomic E-state index is 0.179. The number of carbonyl (C=O) groups excluding carboxylic acids is 1. The molecule has 7 heteroatoms. The number of thioether (sulfide) groups is 1. The van der Waals surface area contributed by atoms with Crippen molar-refractivity contribution in [1.29, 1.82) is 0 Å². The van der Waals surface area contributed by atoms with Gasteiger partial charge in [-0.3, -0.25) is 9.69 Å². The molecule has 3 rings (SSSR count). The highest BCUT2D eigenvalue weighted by molar-refractivity contribution is 14.1. The standard InChI is InChI=1S/C15H9F3INOS/c16-9-3-8(4-10(17)5-9)15-20(14(21)7-22-15)11-1-2-12(18)13(19)6-11/h1-6,15H,7H2. The van der Waals surface area contributed by atoms with Gasteiger partial charge in [0.1, 0.15) is 22.8 Å². The van der Waals surface area contributed by atoms with Crippen molar-refractivity contribution in [1.82, 2.24) is 0 Å². The zero-order valence-electron chi connectivity index (χ0n) is 11.0. The fourth-order valence-corrected chi connectivity index (χ4v) is 3.96. The lowest BCUT2D eigenvalue weighted by atomic mass is 10.1. The summed E-state index contributed by atoms with van der Waals surface area (Å²) in [4.78, 5) is 13.6. The van der Waals surface area contributed by atoms with E-state index in [0.717, 1.165) is 6.07 Å². The predicted molar refractivity (Wildman–Crippen MR) is 88.2 cm³/mol. The van der Waals surface area contributed by atoms with Gasteiger partial charge in [0, 0.05) is 11.8 Å². The number of amides is 1. The third-order valence-corrected chi connectivity index (χ3v) is 5.26. The molecule has 2 aromatic carbocycles. The Morgan fingerprint density at radius 2 is 1.77 bits per heavy atom. The third-order valence-electron chi connectivity index (χ3n) is 3.22. The van der Waals surface area contributed by atoms with E-state index in [1.807, 2.05) is 22.6 Å². The van der Waals surface area contributed by atoms with Gasteiger partial charge in [-0.2, -0.15) is 0 Å². The van der Waals surface area contributed by atoms with Crippen molar-refractivity contribution < 1.29 is 18.0 Å². The maximum atomic E-state index is 13.4. The largest absolute Gasteiger partial charge is 0.295 e. The van der Waals surface area contributed by atoms with Gasteiger partial charge < -0.3 is 0 Å². The van der Waals surface area contributed by atoms with E-state index < -0.39 is 17.0 Å². The monoisotopic (exact) mass is 435 g/mol. The van der Waals surface area contributed by atoms with Gasteiger partial charge in [0.2, 0.25) is 5.91 Å². The lowest BCUT2D eigenvalue weighted by molar-refractivity contribution is -0.115. The summed E-state index contributed by atoms with van der Waals surface area (Å²) in [5.41, 5.74) is 0.878. The lowest BCUT2D eigenvalue weighted by Gasteiger charge is -2.24. The van der Waals surface area contributed by atoms with Crippen molar-refractivity contribution >= 4 is 45.9 Å². The number of benzene rings is 2. The average Bonchev–Trinajstić information content (AvgIpc) is 2.83. The van der Waals surface area contributed by atoms with E-state index in [1.54, 1.807) is 6.07 Å². The number of nitrogens with zero attached hydrogens (tertiary/aromatic N) is 1. The lowest BCUT2D eigenvalue weighted by Crippen LogP contribution is -2.28. The quantitative estimate of drug-likeness (QED) is 0.649. The first-order valence-electron chi connectivity index (χ1n) is 6.30. The summed E-state index contributed by atoms with van der Waals surface area (Å²) in [6.45, 7) is 0. The molecule has 0 radical (unpaired) electrons. The number of carbonyl (C=O) groups is 1. The van der Waals surface area contributed by atoms with Gasteiger partial charge in [0.15, 0.2) is 0 Å². The van der Waals surface area contributed by atoms with Gasteiger partial charge in [-0.15, -0.1) is 11.8 Å². The Bertz CT molecular complexity index is 735. The molecular weight excluding hydrogens is 426 g/mol. The molecule has 0 bridgehead atoms. The Kier molecular flexibility index (Phi) is 4.35. The summed E-state index contributed by atoms with van der Waals surface area (Å²) in [6, 6.07) is 7.51. The van der Waals surface area contributed by atoms with E-state index in [0.29, 0.717) is 14.8 Å². The minimum Gasteiger partial charge on any atom is -0.295 e. The fourth-order valence-electron chi connectivity index (χ4n) is 2.30. The summed E-state index contributed by atoms with van der Waals surface area (Å²) in [5, 5.41) is -0.529. The van der Waals surface area contributed by atoms with Crippen LogP contribution in [0.3, 0.4) is 0 Å². The molecule has 1 aliphatic heterocycles. The molecule has 0 aromatic heterocycles. The fraction of sp³-hybridized carbons (Fsp3) is 0.133. The van der Waals surface area contributed by atoms with Crippen LogP contribution in [0.4, 0.5) is 18.9 Å². The molecule has 1 fully saturated rings. The first kappa shape index (κ1) is 15.7. The summed E-state index contributed by atoms with van der Waals surface area (Å²) < 4.78 is 40.6. The molecule has 1 aliphatic rings. The number of rotatable bonds is 2. The highest BCUT2D eigenvalue weighted by Crippen LogP contribution is 2.42. The van der Waals surface area contributed by atoms with E-state index in [1.165, 1.54) is 40.9 Å². The normalized spacial score (nSPS) is 18.1. The molecule has 114 valence electrons. The molecule has 0 aliphatic carbocycles. The summed E-state index contributed by atoms with van der Waals surface area (Å²) in [6.07, 6.45) is 0. The molecule has 0 N–H and O–H groups in total. The van der Waals surface area contributed by atoms with Crippen molar-refractivity contribution in [2.75, 3.05) is 10.7 Å². The highest BCUT2D eigenvalue weighted by Gasteiger charge is 2.34. The average molecular weight is 435 g/mol. The summed E-state index contributed by atoms with van der Waals surface area (Å²) in [5.74, 6) is -1.73. The molecule has 1 unspecified atom stereocenters. The van der Waals surface area contributed by atoms with Crippen LogP contribution in [0.5, 0.6) is 0 Å². The van der Waals surface area contributed by atoms with Gasteiger partial charge in [-0.05, 0) is 58.5 Å². The Labute approximate surface area is 142 Å². The maximum absolute atomic E-state index is 13.4. The van der Waals surface area contributed by atoms with Gasteiger partial charge in [-0.1, -0.05) is 0 Å². The van der Waals surface area contributed by atoms with Gasteiger partial charge in [0.25, 0.3) is 0 Å². The molecule has 22 heavy (non-hydrogen) atoms. The van der Waals surface area contributed by atoms with Crippen molar-refractivity contribution in [3.05, 3.63) is 63.0 Å². The molecule has 2 aromatic rings. The third kappa shape index (κ3) is 2.96. The van der Waals surface area contributed by atoms with Crippen LogP contribution in [0.2, 0.25) is 0 Å². The van der Waals surface area contributed by atoms with Gasteiger partial charge in [-0.25, -0.2) is 13.2 Å². The predicted octanol–water partition coefficient (Wildman–Crippen LogP) is 4.49. The van der Waals surface area contributed by atoms with Crippen LogP contribution in [0.15, 0.2) is 36.4 Å². The molecule has 2 nitrogen and oxygen atoms in total. The van der Waals surface area contributed by atoms with Crippen molar-refractivity contribution in [2.45, 2.75) is 5.37 Å². The van der Waals surface area contributed by atoms with Crippen LogP contribution in [-0.2, 0) is 4.79 Å². The molecule has 0 saturated carbocycles. The maximum Gasteiger partial charge on any atom is 0.238 e. The molecule has 1 saturated heterocycles. The Balaban J connectivity index is 2.03. The zero-order chi connectivity index (χ0) is 15.9. The highest BCUT2D eigenvalue weighted by atomic mass is 127. The van der Waals surface area contributed by atoms with Crippen LogP contribution in [0, 0.1) is 21.0 Å². The van der Waals surface area contributed by atoms with E-state index in [-0.39, 0.29) is 17.5 Å². The molecule has 1 amide bonds. The number of halogens is 4. The van der Waals surface area contributed by atoms with Crippen molar-refractivity contribution in [2.24, 2.45) is 0 Å². The minimum atomic E-state index is -0.691. The SMILES string of the molecule is O=C1CSC(c2cc(F)cc(F)c2)N1c1ccc(F)c(I)c1. The topological polar surface area (TPSA) is 20.3 Å². The van der Waals surface area contributed by atoms with Crippen LogP contribution in [0.1, 0.15) is 10.9 Å². The molecule has 0 spiro atoms. The molecule has 1 heterocycles. The number of anilines is 1. The zero-order valence-corrected chi connectivity index (χ0v) is 14.0. The van der Waals surface area contributed by atoms with Crippen LogP contribution in [0.25, 0.3) is 0 Å².